The van der Waals surface area contributed by atoms with Crippen LogP contribution in [-0.4, -0.2) is 25.5 Å². The number of methoxy groups -OCH3 is 1. The number of hydrogen-bond acceptors (Lipinski definition) is 5. The van der Waals surface area contributed by atoms with E-state index >= 15 is 0 Å². The number of hydrazine groups is 1. The Balaban J connectivity index is 1.78. The van der Waals surface area contributed by atoms with Crippen LogP contribution in [-0.2, 0) is 4.79 Å². The van der Waals surface area contributed by atoms with Gasteiger partial charge in [0.15, 0.2) is 0 Å². The predicted octanol–water partition coefficient (Wildman–Crippen LogP) is 1.63. The SMILES string of the molecule is COc1ccccc1NCC(=O)NNC(=O)c1ccsc1. The van der Waals surface area contributed by atoms with Gasteiger partial charge in [-0.1, -0.05) is 12.1 Å². The summed E-state index contributed by atoms with van der Waals surface area (Å²) in [6.45, 7) is 0.0181. The average Bonchev–Trinajstić information content (AvgIpc) is 3.05. The second kappa shape index (κ2) is 7.30. The van der Waals surface area contributed by atoms with Crippen LogP contribution in [0.25, 0.3) is 0 Å². The van der Waals surface area contributed by atoms with Gasteiger partial charge in [0.2, 0.25) is 0 Å². The highest BCUT2D eigenvalue weighted by Gasteiger charge is 2.08. The van der Waals surface area contributed by atoms with Crippen LogP contribution in [0.4, 0.5) is 5.69 Å². The zero-order valence-electron chi connectivity index (χ0n) is 11.4. The summed E-state index contributed by atoms with van der Waals surface area (Å²) in [5.74, 6) is -0.0565. The molecule has 1 heterocycles. The number of benzene rings is 1. The van der Waals surface area contributed by atoms with Crippen molar-refractivity contribution in [1.29, 1.82) is 0 Å². The first-order valence-corrected chi connectivity index (χ1v) is 7.13. The van der Waals surface area contributed by atoms with E-state index in [1.165, 1.54) is 11.3 Å². The van der Waals surface area contributed by atoms with Gasteiger partial charge in [-0.3, -0.25) is 20.4 Å². The molecule has 0 atom stereocenters. The van der Waals surface area contributed by atoms with Gasteiger partial charge in [-0.25, -0.2) is 0 Å². The van der Waals surface area contributed by atoms with Gasteiger partial charge in [-0.15, -0.1) is 0 Å². The fraction of sp³-hybridized carbons (Fsp3) is 0.143. The summed E-state index contributed by atoms with van der Waals surface area (Å²) in [4.78, 5) is 23.3. The molecule has 7 heteroatoms. The molecule has 0 bridgehead atoms. The molecule has 0 radical (unpaired) electrons. The van der Waals surface area contributed by atoms with E-state index in [2.05, 4.69) is 16.2 Å². The van der Waals surface area contributed by atoms with Crippen molar-refractivity contribution in [3.63, 3.8) is 0 Å². The molecule has 3 N–H and O–H groups in total. The number of hydrogen-bond donors (Lipinski definition) is 3. The lowest BCUT2D eigenvalue weighted by Gasteiger charge is -2.11. The molecule has 6 nitrogen and oxygen atoms in total. The van der Waals surface area contributed by atoms with Crippen molar-refractivity contribution in [2.24, 2.45) is 0 Å². The molecule has 1 aromatic heterocycles. The summed E-state index contributed by atoms with van der Waals surface area (Å²) in [6.07, 6.45) is 0. The van der Waals surface area contributed by atoms with Crippen LogP contribution < -0.4 is 20.9 Å². The Bertz CT molecular complexity index is 614. The fourth-order valence-electron chi connectivity index (χ4n) is 1.60. The molecule has 110 valence electrons. The van der Waals surface area contributed by atoms with Crippen molar-refractivity contribution in [3.05, 3.63) is 46.7 Å². The highest BCUT2D eigenvalue weighted by atomic mass is 32.1. The highest BCUT2D eigenvalue weighted by Crippen LogP contribution is 2.22. The van der Waals surface area contributed by atoms with Crippen LogP contribution in [0.1, 0.15) is 10.4 Å². The molecule has 0 fully saturated rings. The fourth-order valence-corrected chi connectivity index (χ4v) is 2.24. The number of rotatable bonds is 5. The van der Waals surface area contributed by atoms with E-state index in [0.717, 1.165) is 0 Å². The van der Waals surface area contributed by atoms with Crippen LogP contribution in [0, 0.1) is 0 Å². The molecule has 0 unspecified atom stereocenters. The van der Waals surface area contributed by atoms with Crippen LogP contribution in [0.5, 0.6) is 5.75 Å². The molecule has 21 heavy (non-hydrogen) atoms. The Morgan fingerprint density at radius 1 is 1.19 bits per heavy atom. The van der Waals surface area contributed by atoms with Crippen LogP contribution in [0.15, 0.2) is 41.1 Å². The lowest BCUT2D eigenvalue weighted by atomic mass is 10.3. The van der Waals surface area contributed by atoms with E-state index < -0.39 is 0 Å². The van der Waals surface area contributed by atoms with Gasteiger partial charge in [-0.05, 0) is 23.6 Å². The van der Waals surface area contributed by atoms with Gasteiger partial charge in [0, 0.05) is 5.38 Å². The van der Waals surface area contributed by atoms with Crippen LogP contribution in [0.3, 0.4) is 0 Å². The smallest absolute Gasteiger partial charge is 0.270 e. The van der Waals surface area contributed by atoms with Crippen molar-refractivity contribution < 1.29 is 14.3 Å². The Morgan fingerprint density at radius 3 is 2.71 bits per heavy atom. The number of nitrogens with one attached hydrogen (secondary N) is 3. The van der Waals surface area contributed by atoms with Gasteiger partial charge in [0.05, 0.1) is 24.9 Å². The number of amides is 2. The Labute approximate surface area is 126 Å². The van der Waals surface area contributed by atoms with Crippen molar-refractivity contribution in [2.75, 3.05) is 19.0 Å². The molecule has 0 aliphatic heterocycles. The van der Waals surface area contributed by atoms with Crippen molar-refractivity contribution in [3.8, 4) is 5.75 Å². The number of carbonyl (C=O) groups excluding carboxylic acids is 2. The van der Waals surface area contributed by atoms with Crippen molar-refractivity contribution in [2.45, 2.75) is 0 Å². The van der Waals surface area contributed by atoms with E-state index in [0.29, 0.717) is 17.0 Å². The summed E-state index contributed by atoms with van der Waals surface area (Å²) in [6, 6.07) is 8.94. The Morgan fingerprint density at radius 2 is 2.00 bits per heavy atom. The molecule has 1 aromatic carbocycles. The van der Waals surface area contributed by atoms with Crippen molar-refractivity contribution >= 4 is 28.8 Å². The quantitative estimate of drug-likeness (QED) is 0.734. The number of thiophene rings is 1. The summed E-state index contributed by atoms with van der Waals surface area (Å²) in [7, 11) is 1.56. The maximum Gasteiger partial charge on any atom is 0.270 e. The highest BCUT2D eigenvalue weighted by molar-refractivity contribution is 7.08. The molecular weight excluding hydrogens is 290 g/mol. The zero-order valence-corrected chi connectivity index (χ0v) is 12.2. The van der Waals surface area contributed by atoms with E-state index in [9.17, 15) is 9.59 Å². The minimum Gasteiger partial charge on any atom is -0.495 e. The Hall–Kier alpha value is -2.54. The number of anilines is 1. The van der Waals surface area contributed by atoms with E-state index in [-0.39, 0.29) is 18.4 Å². The molecule has 2 amide bonds. The second-order valence-corrected chi connectivity index (χ2v) is 4.85. The predicted molar refractivity (Wildman–Crippen MR) is 81.4 cm³/mol. The molecule has 2 rings (SSSR count). The van der Waals surface area contributed by atoms with Crippen LogP contribution in [0.2, 0.25) is 0 Å². The normalized spacial score (nSPS) is 9.76. The van der Waals surface area contributed by atoms with E-state index in [1.807, 2.05) is 12.1 Å². The first-order chi connectivity index (χ1) is 10.2. The topological polar surface area (TPSA) is 79.5 Å². The van der Waals surface area contributed by atoms with E-state index in [4.69, 9.17) is 4.74 Å². The zero-order chi connectivity index (χ0) is 15.1. The lowest BCUT2D eigenvalue weighted by molar-refractivity contribution is -0.120. The molecule has 0 aliphatic carbocycles. The lowest BCUT2D eigenvalue weighted by Crippen LogP contribution is -2.44. The van der Waals surface area contributed by atoms with Crippen molar-refractivity contribution in [1.82, 2.24) is 10.9 Å². The monoisotopic (exact) mass is 305 g/mol. The molecular formula is C14H15N3O3S. The summed E-state index contributed by atoms with van der Waals surface area (Å²) in [5, 5.41) is 6.43. The van der Waals surface area contributed by atoms with Gasteiger partial charge >= 0.3 is 0 Å². The third-order valence-electron chi connectivity index (χ3n) is 2.65. The summed E-state index contributed by atoms with van der Waals surface area (Å²) in [5.41, 5.74) is 5.91. The van der Waals surface area contributed by atoms with Crippen LogP contribution >= 0.6 is 11.3 Å². The van der Waals surface area contributed by atoms with E-state index in [1.54, 1.807) is 36.1 Å². The maximum absolute atomic E-state index is 11.7. The third-order valence-corrected chi connectivity index (χ3v) is 3.33. The van der Waals surface area contributed by atoms with Gasteiger partial charge in [0.1, 0.15) is 5.75 Å². The molecule has 2 aromatic rings. The van der Waals surface area contributed by atoms with Gasteiger partial charge in [0.25, 0.3) is 11.8 Å². The maximum atomic E-state index is 11.7. The number of ether oxygens (including phenoxy) is 1. The third kappa shape index (κ3) is 4.22. The first kappa shape index (κ1) is 14.9. The summed E-state index contributed by atoms with van der Waals surface area (Å²) >= 11 is 1.41. The standard InChI is InChI=1S/C14H15N3O3S/c1-20-12-5-3-2-4-11(12)15-8-13(18)16-17-14(19)10-6-7-21-9-10/h2-7,9,15H,8H2,1H3,(H,16,18)(H,17,19). The molecule has 0 saturated heterocycles. The largest absolute Gasteiger partial charge is 0.495 e. The number of carbonyl (C=O) groups is 2. The first-order valence-electron chi connectivity index (χ1n) is 6.19. The summed E-state index contributed by atoms with van der Waals surface area (Å²) < 4.78 is 5.16. The minimum absolute atomic E-state index is 0.0181. The van der Waals surface area contributed by atoms with Gasteiger partial charge < -0.3 is 10.1 Å². The second-order valence-electron chi connectivity index (χ2n) is 4.07. The average molecular weight is 305 g/mol. The Kier molecular flexibility index (Phi) is 5.16. The molecule has 0 aliphatic rings. The number of para-hydroxylation sites is 2. The molecule has 0 spiro atoms. The minimum atomic E-state index is -0.357. The molecule has 0 saturated carbocycles. The van der Waals surface area contributed by atoms with Gasteiger partial charge in [-0.2, -0.15) is 11.3 Å².